The van der Waals surface area contributed by atoms with Crippen molar-refractivity contribution < 1.29 is 13.9 Å². The molecule has 0 aliphatic rings. The van der Waals surface area contributed by atoms with Gasteiger partial charge in [-0.15, -0.1) is 24.0 Å². The summed E-state index contributed by atoms with van der Waals surface area (Å²) in [5.41, 5.74) is 2.75. The SMILES string of the molecule is CN=C(NCCc1ccn(-c2ccc(F)cc2)n1)NCc1ccc(OC)cc1OC.I. The van der Waals surface area contributed by atoms with Crippen molar-refractivity contribution in [2.75, 3.05) is 27.8 Å². The normalized spacial score (nSPS) is 10.9. The van der Waals surface area contributed by atoms with E-state index in [1.807, 2.05) is 30.5 Å². The second-order valence-corrected chi connectivity index (χ2v) is 6.51. The Labute approximate surface area is 198 Å². The fourth-order valence-corrected chi connectivity index (χ4v) is 2.94. The number of aromatic nitrogens is 2. The van der Waals surface area contributed by atoms with E-state index in [4.69, 9.17) is 9.47 Å². The second kappa shape index (κ2) is 12.1. The Kier molecular flexibility index (Phi) is 9.57. The molecule has 31 heavy (non-hydrogen) atoms. The van der Waals surface area contributed by atoms with Gasteiger partial charge in [-0.1, -0.05) is 0 Å². The fourth-order valence-electron chi connectivity index (χ4n) is 2.94. The summed E-state index contributed by atoms with van der Waals surface area (Å²) in [7, 11) is 4.99. The van der Waals surface area contributed by atoms with Crippen LogP contribution < -0.4 is 20.1 Å². The van der Waals surface area contributed by atoms with Crippen LogP contribution in [0.25, 0.3) is 5.69 Å². The van der Waals surface area contributed by atoms with E-state index < -0.39 is 0 Å². The molecule has 0 aliphatic heterocycles. The summed E-state index contributed by atoms with van der Waals surface area (Å²) in [6.45, 7) is 1.23. The van der Waals surface area contributed by atoms with Crippen molar-refractivity contribution in [3.8, 4) is 17.2 Å². The zero-order valence-corrected chi connectivity index (χ0v) is 20.1. The van der Waals surface area contributed by atoms with Crippen LogP contribution in [0, 0.1) is 5.82 Å². The summed E-state index contributed by atoms with van der Waals surface area (Å²) < 4.78 is 25.5. The van der Waals surface area contributed by atoms with Crippen LogP contribution in [0.4, 0.5) is 4.39 Å². The minimum atomic E-state index is -0.263. The molecule has 0 fully saturated rings. The molecule has 0 unspecified atom stereocenters. The highest BCUT2D eigenvalue weighted by molar-refractivity contribution is 14.0. The van der Waals surface area contributed by atoms with Gasteiger partial charge in [-0.25, -0.2) is 9.07 Å². The van der Waals surface area contributed by atoms with E-state index in [2.05, 4.69) is 20.7 Å². The highest BCUT2D eigenvalue weighted by Crippen LogP contribution is 2.24. The lowest BCUT2D eigenvalue weighted by Gasteiger charge is -2.14. The summed E-state index contributed by atoms with van der Waals surface area (Å²) in [6.07, 6.45) is 2.59. The Morgan fingerprint density at radius 1 is 1.06 bits per heavy atom. The van der Waals surface area contributed by atoms with Crippen molar-refractivity contribution in [1.82, 2.24) is 20.4 Å². The smallest absolute Gasteiger partial charge is 0.191 e. The molecule has 3 aromatic rings. The van der Waals surface area contributed by atoms with Gasteiger partial charge in [0, 0.05) is 44.4 Å². The van der Waals surface area contributed by atoms with Gasteiger partial charge < -0.3 is 20.1 Å². The van der Waals surface area contributed by atoms with Gasteiger partial charge in [0.25, 0.3) is 0 Å². The van der Waals surface area contributed by atoms with Crippen LogP contribution >= 0.6 is 24.0 Å². The minimum absolute atomic E-state index is 0. The number of rotatable bonds is 8. The molecule has 1 heterocycles. The first kappa shape index (κ1) is 24.4. The summed E-state index contributed by atoms with van der Waals surface area (Å²) in [6, 6.07) is 13.9. The van der Waals surface area contributed by atoms with Crippen molar-refractivity contribution in [1.29, 1.82) is 0 Å². The molecule has 0 saturated heterocycles. The predicted molar refractivity (Wildman–Crippen MR) is 130 cm³/mol. The topological polar surface area (TPSA) is 72.7 Å². The van der Waals surface area contributed by atoms with Gasteiger partial charge in [0.2, 0.25) is 0 Å². The van der Waals surface area contributed by atoms with E-state index in [1.165, 1.54) is 12.1 Å². The molecular formula is C22H27FIN5O2. The number of benzene rings is 2. The first-order chi connectivity index (χ1) is 14.6. The van der Waals surface area contributed by atoms with E-state index >= 15 is 0 Å². The predicted octanol–water partition coefficient (Wildman–Crippen LogP) is 3.55. The average molecular weight is 539 g/mol. The molecule has 9 heteroatoms. The van der Waals surface area contributed by atoms with Crippen LogP contribution in [0.5, 0.6) is 11.5 Å². The van der Waals surface area contributed by atoms with Crippen molar-refractivity contribution >= 4 is 29.9 Å². The van der Waals surface area contributed by atoms with Crippen LogP contribution in [0.2, 0.25) is 0 Å². The molecule has 0 aliphatic carbocycles. The summed E-state index contributed by atoms with van der Waals surface area (Å²) in [5, 5.41) is 11.1. The van der Waals surface area contributed by atoms with E-state index in [0.717, 1.165) is 34.9 Å². The van der Waals surface area contributed by atoms with E-state index in [1.54, 1.807) is 38.1 Å². The van der Waals surface area contributed by atoms with Gasteiger partial charge in [0.15, 0.2) is 5.96 Å². The Hall–Kier alpha value is -2.82. The lowest BCUT2D eigenvalue weighted by Crippen LogP contribution is -2.38. The van der Waals surface area contributed by atoms with Crippen LogP contribution in [-0.2, 0) is 13.0 Å². The maximum absolute atomic E-state index is 13.1. The number of guanidine groups is 1. The third-order valence-corrected chi connectivity index (χ3v) is 4.57. The van der Waals surface area contributed by atoms with Crippen LogP contribution in [0.3, 0.4) is 0 Å². The van der Waals surface area contributed by atoms with Gasteiger partial charge in [-0.2, -0.15) is 5.10 Å². The molecule has 1 aromatic heterocycles. The molecule has 0 atom stereocenters. The van der Waals surface area contributed by atoms with E-state index in [-0.39, 0.29) is 29.8 Å². The number of methoxy groups -OCH3 is 2. The zero-order chi connectivity index (χ0) is 21.3. The molecule has 166 valence electrons. The standard InChI is InChI=1S/C22H26FN5O2.HI/c1-24-22(26-15-16-4-9-20(29-2)14-21(16)30-3)25-12-10-18-11-13-28(27-18)19-7-5-17(23)6-8-19;/h4-9,11,13-14H,10,12,15H2,1-3H3,(H2,24,25,26);1H. The second-order valence-electron chi connectivity index (χ2n) is 6.51. The lowest BCUT2D eigenvalue weighted by atomic mass is 10.2. The van der Waals surface area contributed by atoms with Crippen LogP contribution in [0.15, 0.2) is 59.7 Å². The molecule has 3 rings (SSSR count). The number of halogens is 2. The molecule has 0 amide bonds. The molecule has 0 radical (unpaired) electrons. The monoisotopic (exact) mass is 539 g/mol. The van der Waals surface area contributed by atoms with Gasteiger partial charge in [0.1, 0.15) is 17.3 Å². The number of ether oxygens (including phenoxy) is 2. The van der Waals surface area contributed by atoms with Crippen LogP contribution in [-0.4, -0.2) is 43.6 Å². The Morgan fingerprint density at radius 3 is 2.52 bits per heavy atom. The van der Waals surface area contributed by atoms with Gasteiger partial charge in [-0.05, 0) is 42.5 Å². The summed E-state index contributed by atoms with van der Waals surface area (Å²) in [5.74, 6) is 1.93. The number of nitrogens with one attached hydrogen (secondary N) is 2. The maximum Gasteiger partial charge on any atom is 0.191 e. The lowest BCUT2D eigenvalue weighted by molar-refractivity contribution is 0.390. The molecule has 0 bridgehead atoms. The minimum Gasteiger partial charge on any atom is -0.497 e. The third kappa shape index (κ3) is 6.84. The molecule has 0 saturated carbocycles. The number of nitrogens with zero attached hydrogens (tertiary/aromatic N) is 3. The van der Waals surface area contributed by atoms with Crippen LogP contribution in [0.1, 0.15) is 11.3 Å². The average Bonchev–Trinajstić information content (AvgIpc) is 3.25. The molecule has 2 aromatic carbocycles. The van der Waals surface area contributed by atoms with Crippen molar-refractivity contribution in [2.45, 2.75) is 13.0 Å². The number of hydrogen-bond acceptors (Lipinski definition) is 4. The Balaban J connectivity index is 0.00000341. The molecule has 7 nitrogen and oxygen atoms in total. The molecule has 2 N–H and O–H groups in total. The Bertz CT molecular complexity index is 992. The number of hydrogen-bond donors (Lipinski definition) is 2. The first-order valence-corrected chi connectivity index (χ1v) is 9.59. The molecular weight excluding hydrogens is 512 g/mol. The van der Waals surface area contributed by atoms with Gasteiger partial charge in [-0.3, -0.25) is 4.99 Å². The van der Waals surface area contributed by atoms with E-state index in [9.17, 15) is 4.39 Å². The fraction of sp³-hybridized carbons (Fsp3) is 0.273. The van der Waals surface area contributed by atoms with Gasteiger partial charge >= 0.3 is 0 Å². The summed E-state index contributed by atoms with van der Waals surface area (Å²) >= 11 is 0. The van der Waals surface area contributed by atoms with Crippen molar-refractivity contribution in [2.24, 2.45) is 4.99 Å². The Morgan fingerprint density at radius 2 is 1.84 bits per heavy atom. The quantitative estimate of drug-likeness (QED) is 0.260. The van der Waals surface area contributed by atoms with Gasteiger partial charge in [0.05, 0.1) is 25.6 Å². The van der Waals surface area contributed by atoms with Crippen molar-refractivity contribution in [3.63, 3.8) is 0 Å². The third-order valence-electron chi connectivity index (χ3n) is 4.57. The highest BCUT2D eigenvalue weighted by Gasteiger charge is 2.07. The summed E-state index contributed by atoms with van der Waals surface area (Å²) in [4.78, 5) is 4.25. The highest BCUT2D eigenvalue weighted by atomic mass is 127. The zero-order valence-electron chi connectivity index (χ0n) is 17.8. The van der Waals surface area contributed by atoms with Crippen molar-refractivity contribution in [3.05, 3.63) is 71.8 Å². The van der Waals surface area contributed by atoms with E-state index in [0.29, 0.717) is 19.0 Å². The number of aliphatic imine (C=N–C) groups is 1. The first-order valence-electron chi connectivity index (χ1n) is 9.59. The largest absolute Gasteiger partial charge is 0.497 e. The maximum atomic E-state index is 13.1. The molecule has 0 spiro atoms.